The van der Waals surface area contributed by atoms with E-state index in [1.54, 1.807) is 6.07 Å². The molecule has 0 radical (unpaired) electrons. The quantitative estimate of drug-likeness (QED) is 0.878. The summed E-state index contributed by atoms with van der Waals surface area (Å²) in [5.74, 6) is 0.614. The Morgan fingerprint density at radius 2 is 1.95 bits per heavy atom. The van der Waals surface area contributed by atoms with Gasteiger partial charge in [-0.1, -0.05) is 12.1 Å². The molecule has 2 N–H and O–H groups in total. The first-order chi connectivity index (χ1) is 9.24. The topological polar surface area (TPSA) is 32.3 Å². The first kappa shape index (κ1) is 13.1. The van der Waals surface area contributed by atoms with Crippen LogP contribution in [0.25, 0.3) is 0 Å². The van der Waals surface area contributed by atoms with Crippen LogP contribution in [-0.4, -0.2) is 17.8 Å². The molecule has 1 saturated carbocycles. The summed E-state index contributed by atoms with van der Waals surface area (Å²) in [5.41, 5.74) is 2.05. The number of rotatable bonds is 3. The standard InChI is InChI=1S/C16H22FNO/c17-15-3-1-2-14-13(15)8-9-16(14)18-10-11-4-6-12(19)7-5-11/h1-3,11-12,16,18-19H,4-10H2. The van der Waals surface area contributed by atoms with Crippen LogP contribution < -0.4 is 5.32 Å². The molecule has 2 nitrogen and oxygen atoms in total. The average Bonchev–Trinajstić information content (AvgIpc) is 2.83. The maximum Gasteiger partial charge on any atom is 0.126 e. The molecule has 0 aliphatic heterocycles. The van der Waals surface area contributed by atoms with Crippen LogP contribution in [-0.2, 0) is 6.42 Å². The minimum absolute atomic E-state index is 0.0532. The van der Waals surface area contributed by atoms with Gasteiger partial charge in [0, 0.05) is 6.04 Å². The minimum atomic E-state index is -0.0856. The first-order valence-corrected chi connectivity index (χ1v) is 7.43. The Labute approximate surface area is 114 Å². The summed E-state index contributed by atoms with van der Waals surface area (Å²) >= 11 is 0. The van der Waals surface area contributed by atoms with Crippen LogP contribution in [0, 0.1) is 11.7 Å². The van der Waals surface area contributed by atoms with Gasteiger partial charge in [0.25, 0.3) is 0 Å². The zero-order chi connectivity index (χ0) is 13.2. The molecule has 0 amide bonds. The molecular formula is C16H22FNO. The van der Waals surface area contributed by atoms with Gasteiger partial charge in [0.1, 0.15) is 5.82 Å². The zero-order valence-electron chi connectivity index (χ0n) is 11.2. The van der Waals surface area contributed by atoms with Gasteiger partial charge >= 0.3 is 0 Å². The van der Waals surface area contributed by atoms with Gasteiger partial charge in [-0.15, -0.1) is 0 Å². The molecule has 3 rings (SSSR count). The van der Waals surface area contributed by atoms with Crippen molar-refractivity contribution in [3.63, 3.8) is 0 Å². The SMILES string of the molecule is OC1CCC(CNC2CCc3c(F)cccc32)CC1. The molecule has 0 aromatic heterocycles. The van der Waals surface area contributed by atoms with E-state index in [0.29, 0.717) is 12.0 Å². The number of hydrogen-bond acceptors (Lipinski definition) is 2. The number of fused-ring (bicyclic) bond motifs is 1. The maximum atomic E-state index is 13.6. The normalized spacial score (nSPS) is 30.3. The third-order valence-corrected chi connectivity index (χ3v) is 4.68. The Bertz CT molecular complexity index is 440. The monoisotopic (exact) mass is 263 g/mol. The number of aliphatic hydroxyl groups excluding tert-OH is 1. The van der Waals surface area contributed by atoms with E-state index in [4.69, 9.17) is 0 Å². The van der Waals surface area contributed by atoms with Gasteiger partial charge in [0.15, 0.2) is 0 Å². The van der Waals surface area contributed by atoms with E-state index in [-0.39, 0.29) is 11.9 Å². The first-order valence-electron chi connectivity index (χ1n) is 7.43. The fraction of sp³-hybridized carbons (Fsp3) is 0.625. The largest absolute Gasteiger partial charge is 0.393 e. The molecule has 0 spiro atoms. The second-order valence-electron chi connectivity index (χ2n) is 5.98. The van der Waals surface area contributed by atoms with E-state index in [1.807, 2.05) is 12.1 Å². The summed E-state index contributed by atoms with van der Waals surface area (Å²) in [6.07, 6.45) is 5.85. The third kappa shape index (κ3) is 2.82. The zero-order valence-corrected chi connectivity index (χ0v) is 11.2. The smallest absolute Gasteiger partial charge is 0.126 e. The van der Waals surface area contributed by atoms with Crippen LogP contribution in [0.1, 0.15) is 49.3 Å². The van der Waals surface area contributed by atoms with Gasteiger partial charge in [0.2, 0.25) is 0 Å². The molecule has 0 saturated heterocycles. The summed E-state index contributed by atoms with van der Waals surface area (Å²) in [7, 11) is 0. The number of nitrogens with one attached hydrogen (secondary N) is 1. The highest BCUT2D eigenvalue weighted by molar-refractivity contribution is 5.35. The van der Waals surface area contributed by atoms with Gasteiger partial charge in [-0.2, -0.15) is 0 Å². The Kier molecular flexibility index (Phi) is 3.85. The summed E-state index contributed by atoms with van der Waals surface area (Å²) < 4.78 is 13.6. The number of halogens is 1. The molecule has 1 unspecified atom stereocenters. The van der Waals surface area contributed by atoms with Crippen LogP contribution in [0.5, 0.6) is 0 Å². The van der Waals surface area contributed by atoms with Crippen LogP contribution in [0.2, 0.25) is 0 Å². The molecule has 1 aromatic carbocycles. The molecule has 1 atom stereocenters. The minimum Gasteiger partial charge on any atom is -0.393 e. The van der Waals surface area contributed by atoms with Crippen molar-refractivity contribution in [1.29, 1.82) is 0 Å². The average molecular weight is 263 g/mol. The van der Waals surface area contributed by atoms with E-state index in [1.165, 1.54) is 0 Å². The fourth-order valence-electron chi connectivity index (χ4n) is 3.48. The van der Waals surface area contributed by atoms with Crippen LogP contribution >= 0.6 is 0 Å². The van der Waals surface area contributed by atoms with Gasteiger partial charge in [-0.25, -0.2) is 4.39 Å². The summed E-state index contributed by atoms with van der Waals surface area (Å²) in [6.45, 7) is 0.993. The van der Waals surface area contributed by atoms with Crippen molar-refractivity contribution in [2.45, 2.75) is 50.7 Å². The summed E-state index contributed by atoms with van der Waals surface area (Å²) in [4.78, 5) is 0. The van der Waals surface area contributed by atoms with Crippen molar-refractivity contribution in [3.05, 3.63) is 35.1 Å². The Morgan fingerprint density at radius 1 is 1.16 bits per heavy atom. The fourth-order valence-corrected chi connectivity index (χ4v) is 3.48. The van der Waals surface area contributed by atoms with Crippen molar-refractivity contribution in [1.82, 2.24) is 5.32 Å². The Hall–Kier alpha value is -0.930. The van der Waals surface area contributed by atoms with E-state index in [0.717, 1.165) is 56.2 Å². The number of hydrogen-bond donors (Lipinski definition) is 2. The number of benzene rings is 1. The van der Waals surface area contributed by atoms with Gasteiger partial charge in [-0.3, -0.25) is 0 Å². The van der Waals surface area contributed by atoms with Gasteiger partial charge in [-0.05, 0) is 68.2 Å². The number of aliphatic hydroxyl groups is 1. The van der Waals surface area contributed by atoms with Crippen LogP contribution in [0.3, 0.4) is 0 Å². The molecule has 104 valence electrons. The lowest BCUT2D eigenvalue weighted by Gasteiger charge is -2.27. The van der Waals surface area contributed by atoms with Crippen molar-refractivity contribution < 1.29 is 9.50 Å². The van der Waals surface area contributed by atoms with E-state index >= 15 is 0 Å². The van der Waals surface area contributed by atoms with Crippen LogP contribution in [0.15, 0.2) is 18.2 Å². The lowest BCUT2D eigenvalue weighted by Crippen LogP contribution is -2.30. The molecule has 19 heavy (non-hydrogen) atoms. The maximum absolute atomic E-state index is 13.6. The van der Waals surface area contributed by atoms with Crippen molar-refractivity contribution in [2.75, 3.05) is 6.54 Å². The lowest BCUT2D eigenvalue weighted by atomic mass is 9.87. The highest BCUT2D eigenvalue weighted by Gasteiger charge is 2.26. The predicted molar refractivity (Wildman–Crippen MR) is 73.4 cm³/mol. The predicted octanol–water partition coefficient (Wildman–Crippen LogP) is 2.95. The van der Waals surface area contributed by atoms with Gasteiger partial charge < -0.3 is 10.4 Å². The highest BCUT2D eigenvalue weighted by atomic mass is 19.1. The second-order valence-corrected chi connectivity index (χ2v) is 5.98. The van der Waals surface area contributed by atoms with Crippen molar-refractivity contribution in [3.8, 4) is 0 Å². The van der Waals surface area contributed by atoms with Crippen molar-refractivity contribution in [2.24, 2.45) is 5.92 Å². The van der Waals surface area contributed by atoms with Crippen LogP contribution in [0.4, 0.5) is 4.39 Å². The molecule has 3 heteroatoms. The Morgan fingerprint density at radius 3 is 2.74 bits per heavy atom. The molecule has 1 aromatic rings. The molecule has 2 aliphatic carbocycles. The van der Waals surface area contributed by atoms with E-state index < -0.39 is 0 Å². The summed E-state index contributed by atoms with van der Waals surface area (Å²) in [6, 6.07) is 5.74. The van der Waals surface area contributed by atoms with Crippen molar-refractivity contribution >= 4 is 0 Å². The molecule has 0 heterocycles. The third-order valence-electron chi connectivity index (χ3n) is 4.68. The molecular weight excluding hydrogens is 241 g/mol. The second kappa shape index (κ2) is 5.59. The molecule has 1 fully saturated rings. The summed E-state index contributed by atoms with van der Waals surface area (Å²) in [5, 5.41) is 13.1. The molecule has 2 aliphatic rings. The van der Waals surface area contributed by atoms with E-state index in [2.05, 4.69) is 5.32 Å². The molecule has 0 bridgehead atoms. The lowest BCUT2D eigenvalue weighted by molar-refractivity contribution is 0.107. The van der Waals surface area contributed by atoms with Gasteiger partial charge in [0.05, 0.1) is 6.10 Å². The Balaban J connectivity index is 1.57. The highest BCUT2D eigenvalue weighted by Crippen LogP contribution is 2.33. The van der Waals surface area contributed by atoms with E-state index in [9.17, 15) is 9.50 Å².